The molecule has 2 aromatic carbocycles. The second kappa shape index (κ2) is 8.08. The Morgan fingerprint density at radius 1 is 0.964 bits per heavy atom. The van der Waals surface area contributed by atoms with Gasteiger partial charge in [0.2, 0.25) is 5.95 Å². The summed E-state index contributed by atoms with van der Waals surface area (Å²) < 4.78 is 0. The topological polar surface area (TPSA) is 61.4 Å². The van der Waals surface area contributed by atoms with Crippen LogP contribution in [0, 0.1) is 6.92 Å². The highest BCUT2D eigenvalue weighted by molar-refractivity contribution is 5.92. The van der Waals surface area contributed by atoms with Gasteiger partial charge in [-0.15, -0.1) is 0 Å². The first-order valence-corrected chi connectivity index (χ1v) is 9.45. The maximum atomic E-state index is 12.9. The van der Waals surface area contributed by atoms with Crippen LogP contribution in [0.1, 0.15) is 16.1 Å². The van der Waals surface area contributed by atoms with Crippen molar-refractivity contribution in [1.29, 1.82) is 0 Å². The Kier molecular flexibility index (Phi) is 5.19. The molecule has 0 radical (unpaired) electrons. The third-order valence-electron chi connectivity index (χ3n) is 4.84. The first-order valence-electron chi connectivity index (χ1n) is 9.45. The molecule has 1 N–H and O–H groups in total. The Bertz CT molecular complexity index is 952. The first kappa shape index (κ1) is 18.0. The lowest BCUT2D eigenvalue weighted by atomic mass is 10.2. The molecule has 0 unspecified atom stereocenters. The summed E-state index contributed by atoms with van der Waals surface area (Å²) in [5.74, 6) is 0.377. The monoisotopic (exact) mass is 373 g/mol. The summed E-state index contributed by atoms with van der Waals surface area (Å²) in [5, 5.41) is 3.17. The number of hydrogen-bond acceptors (Lipinski definition) is 5. The molecule has 1 amide bonds. The summed E-state index contributed by atoms with van der Waals surface area (Å²) in [4.78, 5) is 25.7. The molecule has 0 atom stereocenters. The molecule has 142 valence electrons. The number of carbonyl (C=O) groups is 1. The van der Waals surface area contributed by atoms with Crippen LogP contribution in [0.2, 0.25) is 0 Å². The van der Waals surface area contributed by atoms with Crippen molar-refractivity contribution in [2.45, 2.75) is 6.92 Å². The van der Waals surface area contributed by atoms with E-state index in [1.165, 1.54) is 5.69 Å². The highest BCUT2D eigenvalue weighted by atomic mass is 16.2. The van der Waals surface area contributed by atoms with E-state index in [2.05, 4.69) is 32.3 Å². The van der Waals surface area contributed by atoms with Crippen LogP contribution < -0.4 is 10.2 Å². The number of aromatic nitrogens is 2. The van der Waals surface area contributed by atoms with Gasteiger partial charge in [-0.2, -0.15) is 0 Å². The molecule has 2 heterocycles. The number of amides is 1. The van der Waals surface area contributed by atoms with E-state index in [0.29, 0.717) is 24.7 Å². The van der Waals surface area contributed by atoms with Gasteiger partial charge in [0.15, 0.2) is 0 Å². The lowest BCUT2D eigenvalue weighted by Gasteiger charge is -2.36. The Morgan fingerprint density at radius 3 is 2.50 bits per heavy atom. The second-order valence-corrected chi connectivity index (χ2v) is 6.87. The molecular weight excluding hydrogens is 350 g/mol. The van der Waals surface area contributed by atoms with Crippen molar-refractivity contribution in [1.82, 2.24) is 14.9 Å². The maximum absolute atomic E-state index is 12.9. The largest absolute Gasteiger partial charge is 0.368 e. The maximum Gasteiger partial charge on any atom is 0.272 e. The van der Waals surface area contributed by atoms with Crippen molar-refractivity contribution in [3.8, 4) is 0 Å². The highest BCUT2D eigenvalue weighted by Gasteiger charge is 2.23. The van der Waals surface area contributed by atoms with E-state index < -0.39 is 0 Å². The van der Waals surface area contributed by atoms with E-state index in [4.69, 9.17) is 0 Å². The minimum atomic E-state index is -0.0533. The van der Waals surface area contributed by atoms with Crippen molar-refractivity contribution in [2.75, 3.05) is 36.4 Å². The van der Waals surface area contributed by atoms with Gasteiger partial charge in [-0.1, -0.05) is 30.3 Å². The van der Waals surface area contributed by atoms with Crippen LogP contribution >= 0.6 is 0 Å². The van der Waals surface area contributed by atoms with Crippen molar-refractivity contribution in [3.05, 3.63) is 78.1 Å². The minimum absolute atomic E-state index is 0.0533. The molecule has 0 spiro atoms. The van der Waals surface area contributed by atoms with Crippen molar-refractivity contribution < 1.29 is 4.79 Å². The zero-order chi connectivity index (χ0) is 19.3. The molecule has 3 aromatic rings. The molecule has 6 nitrogen and oxygen atoms in total. The number of hydrogen-bond donors (Lipinski definition) is 1. The Balaban J connectivity index is 1.41. The summed E-state index contributed by atoms with van der Waals surface area (Å²) in [7, 11) is 0. The molecular formula is C22H23N5O. The fraction of sp³-hybridized carbons (Fsp3) is 0.227. The van der Waals surface area contributed by atoms with Gasteiger partial charge in [0.1, 0.15) is 5.69 Å². The van der Waals surface area contributed by atoms with E-state index in [0.717, 1.165) is 24.3 Å². The zero-order valence-corrected chi connectivity index (χ0v) is 15.9. The van der Waals surface area contributed by atoms with Crippen LogP contribution in [0.5, 0.6) is 0 Å². The molecule has 4 rings (SSSR count). The lowest BCUT2D eigenvalue weighted by molar-refractivity contribution is 0.0741. The summed E-state index contributed by atoms with van der Waals surface area (Å²) >= 11 is 0. The number of para-hydroxylation sites is 1. The van der Waals surface area contributed by atoms with Gasteiger partial charge in [0, 0.05) is 43.8 Å². The normalized spacial score (nSPS) is 14.0. The van der Waals surface area contributed by atoms with Crippen LogP contribution in [0.15, 0.2) is 66.9 Å². The molecule has 6 heteroatoms. The van der Waals surface area contributed by atoms with Crippen LogP contribution in [0.3, 0.4) is 0 Å². The predicted molar refractivity (Wildman–Crippen MR) is 111 cm³/mol. The Hall–Kier alpha value is -3.41. The van der Waals surface area contributed by atoms with Gasteiger partial charge >= 0.3 is 0 Å². The number of aryl methyl sites for hydroxylation is 1. The third-order valence-corrected chi connectivity index (χ3v) is 4.84. The Morgan fingerprint density at radius 2 is 1.75 bits per heavy atom. The Labute approximate surface area is 164 Å². The van der Waals surface area contributed by atoms with E-state index in [-0.39, 0.29) is 5.91 Å². The molecule has 0 saturated carbocycles. The lowest BCUT2D eigenvalue weighted by Crippen LogP contribution is -2.49. The van der Waals surface area contributed by atoms with Gasteiger partial charge in [-0.25, -0.2) is 9.97 Å². The predicted octanol–water partition coefficient (Wildman–Crippen LogP) is 3.49. The standard InChI is InChI=1S/C22H23N5O/c1-17-6-5-7-18(16-17)24-22-23-11-10-20(25-22)21(28)27-14-12-26(13-15-27)19-8-3-2-4-9-19/h2-11,16H,12-15H2,1H3,(H,23,24,25). The quantitative estimate of drug-likeness (QED) is 0.759. The van der Waals surface area contributed by atoms with Gasteiger partial charge in [0.25, 0.3) is 5.91 Å². The molecule has 1 fully saturated rings. The summed E-state index contributed by atoms with van der Waals surface area (Å²) in [6, 6.07) is 19.9. The van der Waals surface area contributed by atoms with E-state index in [9.17, 15) is 4.79 Å². The summed E-state index contributed by atoms with van der Waals surface area (Å²) in [5.41, 5.74) is 3.66. The van der Waals surface area contributed by atoms with E-state index in [1.54, 1.807) is 12.3 Å². The van der Waals surface area contributed by atoms with Gasteiger partial charge in [-0.3, -0.25) is 4.79 Å². The number of benzene rings is 2. The SMILES string of the molecule is Cc1cccc(Nc2nccc(C(=O)N3CCN(c4ccccc4)CC3)n2)c1. The summed E-state index contributed by atoms with van der Waals surface area (Å²) in [6.07, 6.45) is 1.62. The third kappa shape index (κ3) is 4.11. The van der Waals surface area contributed by atoms with Crippen molar-refractivity contribution in [3.63, 3.8) is 0 Å². The number of rotatable bonds is 4. The van der Waals surface area contributed by atoms with Crippen LogP contribution in [0.25, 0.3) is 0 Å². The van der Waals surface area contributed by atoms with Crippen molar-refractivity contribution in [2.24, 2.45) is 0 Å². The number of piperazine rings is 1. The fourth-order valence-corrected chi connectivity index (χ4v) is 3.36. The van der Waals surface area contributed by atoms with Gasteiger partial charge in [-0.05, 0) is 42.8 Å². The van der Waals surface area contributed by atoms with Crippen LogP contribution in [-0.4, -0.2) is 47.0 Å². The minimum Gasteiger partial charge on any atom is -0.368 e. The number of carbonyl (C=O) groups excluding carboxylic acids is 1. The molecule has 0 aliphatic carbocycles. The molecule has 1 saturated heterocycles. The van der Waals surface area contributed by atoms with E-state index in [1.807, 2.05) is 54.3 Å². The summed E-state index contributed by atoms with van der Waals surface area (Å²) in [6.45, 7) is 5.02. The van der Waals surface area contributed by atoms with Gasteiger partial charge in [0.05, 0.1) is 0 Å². The van der Waals surface area contributed by atoms with Crippen molar-refractivity contribution >= 4 is 23.2 Å². The number of nitrogens with zero attached hydrogens (tertiary/aromatic N) is 4. The average Bonchev–Trinajstić information content (AvgIpc) is 2.74. The smallest absolute Gasteiger partial charge is 0.272 e. The van der Waals surface area contributed by atoms with E-state index >= 15 is 0 Å². The number of nitrogens with one attached hydrogen (secondary N) is 1. The first-order chi connectivity index (χ1) is 13.7. The highest BCUT2D eigenvalue weighted by Crippen LogP contribution is 2.18. The van der Waals surface area contributed by atoms with Crippen LogP contribution in [-0.2, 0) is 0 Å². The molecule has 1 aromatic heterocycles. The number of anilines is 3. The van der Waals surface area contributed by atoms with Gasteiger partial charge < -0.3 is 15.1 Å². The molecule has 1 aliphatic rings. The van der Waals surface area contributed by atoms with Crippen LogP contribution in [0.4, 0.5) is 17.3 Å². The molecule has 1 aliphatic heterocycles. The fourth-order valence-electron chi connectivity index (χ4n) is 3.36. The average molecular weight is 373 g/mol. The molecule has 28 heavy (non-hydrogen) atoms. The second-order valence-electron chi connectivity index (χ2n) is 6.87. The zero-order valence-electron chi connectivity index (χ0n) is 15.9. The molecule has 0 bridgehead atoms.